The number of fused-ring (bicyclic) bond motifs is 3. The summed E-state index contributed by atoms with van der Waals surface area (Å²) in [6.45, 7) is 4.62. The Kier molecular flexibility index (Phi) is 8.17. The number of rotatable bonds is 9. The highest BCUT2D eigenvalue weighted by Crippen LogP contribution is 2.50. The quantitative estimate of drug-likeness (QED) is 0.200. The Labute approximate surface area is 251 Å². The van der Waals surface area contributed by atoms with Crippen molar-refractivity contribution in [3.8, 4) is 5.75 Å². The zero-order valence-electron chi connectivity index (χ0n) is 24.6. The van der Waals surface area contributed by atoms with E-state index in [1.54, 1.807) is 6.07 Å². The lowest BCUT2D eigenvalue weighted by Gasteiger charge is -2.30. The first-order valence-electron chi connectivity index (χ1n) is 15.1. The first-order chi connectivity index (χ1) is 20.8. The minimum atomic E-state index is -0.631. The number of benzene rings is 3. The molecule has 43 heavy (non-hydrogen) atoms. The van der Waals surface area contributed by atoms with E-state index in [1.807, 2.05) is 60.7 Å². The van der Waals surface area contributed by atoms with Crippen molar-refractivity contribution in [3.05, 3.63) is 101 Å². The van der Waals surface area contributed by atoms with Gasteiger partial charge in [0.05, 0.1) is 30.2 Å². The number of amides is 2. The van der Waals surface area contributed by atoms with Crippen LogP contribution in [0.1, 0.15) is 51.5 Å². The van der Waals surface area contributed by atoms with Gasteiger partial charge in [0, 0.05) is 17.3 Å². The Morgan fingerprint density at radius 2 is 1.74 bits per heavy atom. The van der Waals surface area contributed by atoms with E-state index in [0.29, 0.717) is 18.7 Å². The summed E-state index contributed by atoms with van der Waals surface area (Å²) in [7, 11) is 0. The number of imide groups is 1. The summed E-state index contributed by atoms with van der Waals surface area (Å²) >= 11 is 0. The van der Waals surface area contributed by atoms with Crippen LogP contribution in [0.15, 0.2) is 89.5 Å². The van der Waals surface area contributed by atoms with Crippen LogP contribution >= 0.6 is 0 Å². The number of nitrogens with one attached hydrogen (secondary N) is 1. The molecule has 0 aromatic heterocycles. The second-order valence-electron chi connectivity index (χ2n) is 11.9. The molecule has 3 aromatic rings. The Hall–Kier alpha value is -4.23. The summed E-state index contributed by atoms with van der Waals surface area (Å²) in [5, 5.41) is 12.9. The highest BCUT2D eigenvalue weighted by molar-refractivity contribution is 6.22. The van der Waals surface area contributed by atoms with Crippen LogP contribution < -0.4 is 10.2 Å². The predicted octanol–water partition coefficient (Wildman–Crippen LogP) is 7.78. The fourth-order valence-electron chi connectivity index (χ4n) is 7.02. The van der Waals surface area contributed by atoms with Crippen molar-refractivity contribution in [1.29, 1.82) is 0 Å². The van der Waals surface area contributed by atoms with E-state index in [0.717, 1.165) is 48.2 Å². The average Bonchev–Trinajstić information content (AvgIpc) is 3.53. The Morgan fingerprint density at radius 1 is 1.00 bits per heavy atom. The number of anilines is 3. The highest BCUT2D eigenvalue weighted by Gasteiger charge is 2.56. The first kappa shape index (κ1) is 28.9. The molecule has 2 aliphatic heterocycles. The summed E-state index contributed by atoms with van der Waals surface area (Å²) in [6.07, 6.45) is 5.83. The number of carbonyl (C=O) groups is 2. The minimum absolute atomic E-state index is 0.103. The van der Waals surface area contributed by atoms with Crippen molar-refractivity contribution in [2.75, 3.05) is 16.8 Å². The summed E-state index contributed by atoms with van der Waals surface area (Å²) < 4.78 is 20.2. The Morgan fingerprint density at radius 3 is 2.47 bits per heavy atom. The van der Waals surface area contributed by atoms with E-state index in [4.69, 9.17) is 4.74 Å². The molecular weight excluding hydrogens is 543 g/mol. The van der Waals surface area contributed by atoms with E-state index in [9.17, 15) is 19.1 Å². The van der Waals surface area contributed by atoms with Gasteiger partial charge >= 0.3 is 0 Å². The fraction of sp³-hybridized carbons (Fsp3) is 0.333. The number of hydrogen-bond acceptors (Lipinski definition) is 5. The number of carbonyl (C=O) groups excluding carboxylic acids is 2. The van der Waals surface area contributed by atoms with Crippen LogP contribution in [-0.4, -0.2) is 29.6 Å². The monoisotopic (exact) mass is 580 g/mol. The van der Waals surface area contributed by atoms with Crippen molar-refractivity contribution < 1.29 is 23.8 Å². The third kappa shape index (κ3) is 5.74. The van der Waals surface area contributed by atoms with E-state index in [-0.39, 0.29) is 35.5 Å². The molecule has 0 saturated carbocycles. The van der Waals surface area contributed by atoms with Gasteiger partial charge in [0.25, 0.3) is 0 Å². The van der Waals surface area contributed by atoms with Gasteiger partial charge in [0.2, 0.25) is 11.8 Å². The molecule has 3 aliphatic rings. The number of nitrogens with zero attached hydrogens (tertiary/aromatic N) is 1. The van der Waals surface area contributed by atoms with E-state index in [1.165, 1.54) is 28.2 Å². The maximum atomic E-state index is 13.9. The van der Waals surface area contributed by atoms with Crippen molar-refractivity contribution in [2.45, 2.75) is 52.1 Å². The highest BCUT2D eigenvalue weighted by atomic mass is 19.1. The second kappa shape index (κ2) is 12.2. The lowest BCUT2D eigenvalue weighted by atomic mass is 9.70. The van der Waals surface area contributed by atoms with Gasteiger partial charge in [-0.3, -0.25) is 14.5 Å². The molecule has 0 spiro atoms. The molecule has 6 nitrogen and oxygen atoms in total. The van der Waals surface area contributed by atoms with Crippen LogP contribution in [-0.2, 0) is 14.3 Å². The number of halogens is 1. The van der Waals surface area contributed by atoms with Crippen molar-refractivity contribution in [1.82, 2.24) is 0 Å². The molecule has 3 aromatic carbocycles. The molecule has 0 unspecified atom stereocenters. The van der Waals surface area contributed by atoms with Gasteiger partial charge in [0.15, 0.2) is 11.6 Å². The normalized spacial score (nSPS) is 23.5. The van der Waals surface area contributed by atoms with Crippen molar-refractivity contribution >= 4 is 35.0 Å². The number of phenolic OH excluding ortho intramolecular Hbond substituents is 1. The lowest BCUT2D eigenvalue weighted by Crippen LogP contribution is -2.34. The van der Waals surface area contributed by atoms with Gasteiger partial charge in [-0.15, -0.1) is 0 Å². The number of hydrogen-bond donors (Lipinski definition) is 2. The largest absolute Gasteiger partial charge is 0.505 e. The predicted molar refractivity (Wildman–Crippen MR) is 166 cm³/mol. The van der Waals surface area contributed by atoms with Crippen LogP contribution in [0.4, 0.5) is 21.5 Å². The molecule has 6 rings (SSSR count). The minimum Gasteiger partial charge on any atom is -0.505 e. The summed E-state index contributed by atoms with van der Waals surface area (Å²) in [5.41, 5.74) is 6.68. The van der Waals surface area contributed by atoms with Gasteiger partial charge in [-0.05, 0) is 92.3 Å². The topological polar surface area (TPSA) is 78.9 Å². The number of allylic oxidation sites excluding steroid dienone is 2. The molecule has 2 amide bonds. The number of ether oxygens (including phenoxy) is 1. The van der Waals surface area contributed by atoms with Gasteiger partial charge in [-0.25, -0.2) is 4.39 Å². The molecule has 2 saturated heterocycles. The summed E-state index contributed by atoms with van der Waals surface area (Å²) in [4.78, 5) is 28.8. The van der Waals surface area contributed by atoms with E-state index < -0.39 is 11.7 Å². The van der Waals surface area contributed by atoms with Crippen LogP contribution in [0.25, 0.3) is 6.08 Å². The number of phenols is 1. The molecule has 222 valence electrons. The van der Waals surface area contributed by atoms with E-state index >= 15 is 0 Å². The van der Waals surface area contributed by atoms with Gasteiger partial charge in [-0.1, -0.05) is 54.8 Å². The fourth-order valence-corrected chi connectivity index (χ4v) is 7.02. The van der Waals surface area contributed by atoms with Crippen LogP contribution in [0, 0.1) is 23.6 Å². The lowest BCUT2D eigenvalue weighted by molar-refractivity contribution is -0.122. The zero-order chi connectivity index (χ0) is 30.1. The molecule has 1 aliphatic carbocycles. The van der Waals surface area contributed by atoms with Crippen molar-refractivity contribution in [2.24, 2.45) is 17.8 Å². The molecule has 7 heteroatoms. The maximum absolute atomic E-state index is 13.9. The third-order valence-corrected chi connectivity index (χ3v) is 8.98. The number of para-hydroxylation sites is 1. The van der Waals surface area contributed by atoms with Crippen LogP contribution in [0.5, 0.6) is 5.75 Å². The van der Waals surface area contributed by atoms with Crippen LogP contribution in [0.2, 0.25) is 0 Å². The Bertz CT molecular complexity index is 1580. The molecule has 4 atom stereocenters. The summed E-state index contributed by atoms with van der Waals surface area (Å²) in [6, 6.07) is 21.7. The van der Waals surface area contributed by atoms with Crippen molar-refractivity contribution in [3.63, 3.8) is 0 Å². The SMILES string of the molecule is CCC/C(=C\c1ccc(O)c(F)c1)CC[C@H]1OC[C@H]2C1=C(C)C[C@H]1C(=O)N(c3ccc(Nc4ccccc4)cc3)C(=O)[C@H]12. The second-order valence-corrected chi connectivity index (χ2v) is 11.9. The molecule has 0 radical (unpaired) electrons. The standard InChI is InChI=1S/C36H37FN2O4/c1-3-7-23(19-24-10-16-31(40)30(37)20-24)11-17-32-33-22(2)18-28-34(29(33)21-43-32)36(42)39(35(28)41)27-14-12-26(13-15-27)38-25-8-5-4-6-9-25/h4-6,8-10,12-16,19-20,28-29,32,34,38,40H,3,7,11,17-18,21H2,1-2H3/b23-19+/t28-,29+,32-,34-/m1/s1. The van der Waals surface area contributed by atoms with Gasteiger partial charge in [0.1, 0.15) is 0 Å². The van der Waals surface area contributed by atoms with Gasteiger partial charge in [-0.2, -0.15) is 0 Å². The van der Waals surface area contributed by atoms with Crippen LogP contribution in [0.3, 0.4) is 0 Å². The van der Waals surface area contributed by atoms with E-state index in [2.05, 4.69) is 19.2 Å². The summed E-state index contributed by atoms with van der Waals surface area (Å²) in [5.74, 6) is -2.14. The number of aromatic hydroxyl groups is 1. The first-order valence-corrected chi connectivity index (χ1v) is 15.1. The third-order valence-electron chi connectivity index (χ3n) is 8.98. The molecular formula is C36H37FN2O4. The smallest absolute Gasteiger partial charge is 0.238 e. The molecule has 2 heterocycles. The average molecular weight is 581 g/mol. The molecule has 2 N–H and O–H groups in total. The molecule has 0 bridgehead atoms. The zero-order valence-corrected chi connectivity index (χ0v) is 24.6. The molecule has 2 fully saturated rings. The van der Waals surface area contributed by atoms with Gasteiger partial charge < -0.3 is 15.2 Å². The Balaban J connectivity index is 1.16. The maximum Gasteiger partial charge on any atom is 0.238 e.